The van der Waals surface area contributed by atoms with E-state index in [2.05, 4.69) is 4.74 Å². The monoisotopic (exact) mass is 204 g/mol. The Balaban J connectivity index is 2.97. The van der Waals surface area contributed by atoms with E-state index in [1.165, 1.54) is 7.11 Å². The molecule has 0 N–H and O–H groups in total. The van der Waals surface area contributed by atoms with Gasteiger partial charge in [-0.2, -0.15) is 0 Å². The Kier molecular flexibility index (Phi) is 4.37. The topological polar surface area (TPSA) is 35.5 Å². The number of carbonyl (C=O) groups is 1. The highest BCUT2D eigenvalue weighted by Gasteiger charge is 2.10. The number of hydrogen-bond donors (Lipinski definition) is 0. The fourth-order valence-corrected chi connectivity index (χ4v) is 1.34. The number of rotatable bonds is 4. The number of carbonyl (C=O) groups excluding carboxylic acids is 1. The average Bonchev–Trinajstić information content (AvgIpc) is 2.25. The van der Waals surface area contributed by atoms with Crippen LogP contribution in [-0.4, -0.2) is 34.6 Å². The minimum atomic E-state index is -0.346. The highest BCUT2D eigenvalue weighted by atomic mass is 16.5. The molecule has 0 saturated heterocycles. The van der Waals surface area contributed by atoms with Gasteiger partial charge in [0.15, 0.2) is 0 Å². The van der Waals surface area contributed by atoms with Gasteiger partial charge in [0, 0.05) is 7.11 Å². The molecule has 0 atom stereocenters. The molecule has 0 fully saturated rings. The van der Waals surface area contributed by atoms with Crippen LogP contribution >= 0.6 is 0 Å². The minimum Gasteiger partial charge on any atom is -0.465 e. The van der Waals surface area contributed by atoms with Crippen LogP contribution in [0.15, 0.2) is 18.2 Å². The van der Waals surface area contributed by atoms with Crippen molar-refractivity contribution in [3.05, 3.63) is 29.3 Å². The molecule has 0 aliphatic carbocycles. The molecule has 0 saturated carbocycles. The Bertz CT molecular complexity index is 350. The van der Waals surface area contributed by atoms with Crippen molar-refractivity contribution in [3.63, 3.8) is 0 Å². The summed E-state index contributed by atoms with van der Waals surface area (Å²) in [7, 11) is 8.62. The molecule has 3 nitrogen and oxygen atoms in total. The maximum Gasteiger partial charge on any atom is 0.338 e. The number of benzene rings is 1. The lowest BCUT2D eigenvalue weighted by Crippen LogP contribution is -2.12. The van der Waals surface area contributed by atoms with Crippen LogP contribution in [0.5, 0.6) is 0 Å². The maximum atomic E-state index is 11.4. The Labute approximate surface area is 90.8 Å². The standard InChI is InChI=1S/C11H13BO3/c1-14-6-5-8-7-9(12)3-4-10(8)11(13)15-2/h3-4,7H,5-6H2,1-2H3. The molecule has 0 aromatic heterocycles. The summed E-state index contributed by atoms with van der Waals surface area (Å²) in [6.07, 6.45) is 0.645. The summed E-state index contributed by atoms with van der Waals surface area (Å²) in [6.45, 7) is 0.549. The zero-order valence-electron chi connectivity index (χ0n) is 8.95. The van der Waals surface area contributed by atoms with E-state index in [0.29, 0.717) is 24.1 Å². The molecule has 0 unspecified atom stereocenters. The van der Waals surface area contributed by atoms with Crippen LogP contribution in [0.3, 0.4) is 0 Å². The zero-order chi connectivity index (χ0) is 11.3. The lowest BCUT2D eigenvalue weighted by Gasteiger charge is -2.08. The van der Waals surface area contributed by atoms with Crippen LogP contribution in [0.4, 0.5) is 0 Å². The highest BCUT2D eigenvalue weighted by Crippen LogP contribution is 2.09. The number of methoxy groups -OCH3 is 2. The summed E-state index contributed by atoms with van der Waals surface area (Å²) in [4.78, 5) is 11.4. The van der Waals surface area contributed by atoms with E-state index in [-0.39, 0.29) is 5.97 Å². The van der Waals surface area contributed by atoms with Crippen LogP contribution in [0, 0.1) is 0 Å². The fourth-order valence-electron chi connectivity index (χ4n) is 1.34. The first-order chi connectivity index (χ1) is 7.19. The van der Waals surface area contributed by atoms with Gasteiger partial charge in [-0.15, -0.1) is 0 Å². The second-order valence-electron chi connectivity index (χ2n) is 3.15. The fraction of sp³-hybridized carbons (Fsp3) is 0.364. The largest absolute Gasteiger partial charge is 0.465 e. The van der Waals surface area contributed by atoms with E-state index in [1.807, 2.05) is 0 Å². The van der Waals surface area contributed by atoms with Crippen molar-refractivity contribution in [2.24, 2.45) is 0 Å². The number of esters is 1. The van der Waals surface area contributed by atoms with Crippen molar-refractivity contribution < 1.29 is 14.3 Å². The SMILES string of the molecule is [B]c1ccc(C(=O)OC)c(CCOC)c1. The van der Waals surface area contributed by atoms with Crippen molar-refractivity contribution in [1.82, 2.24) is 0 Å². The van der Waals surface area contributed by atoms with Crippen LogP contribution in [0.25, 0.3) is 0 Å². The van der Waals surface area contributed by atoms with Gasteiger partial charge in [0.05, 0.1) is 19.3 Å². The van der Waals surface area contributed by atoms with Gasteiger partial charge in [-0.05, 0) is 18.1 Å². The van der Waals surface area contributed by atoms with Crippen molar-refractivity contribution in [2.45, 2.75) is 6.42 Å². The van der Waals surface area contributed by atoms with Gasteiger partial charge in [0.2, 0.25) is 0 Å². The summed E-state index contributed by atoms with van der Waals surface area (Å²) >= 11 is 0. The number of ether oxygens (including phenoxy) is 2. The van der Waals surface area contributed by atoms with Crippen LogP contribution < -0.4 is 5.46 Å². The lowest BCUT2D eigenvalue weighted by atomic mass is 9.91. The van der Waals surface area contributed by atoms with Crippen molar-refractivity contribution >= 4 is 19.3 Å². The highest BCUT2D eigenvalue weighted by molar-refractivity contribution is 6.32. The van der Waals surface area contributed by atoms with Gasteiger partial charge in [-0.1, -0.05) is 17.6 Å². The summed E-state index contributed by atoms with van der Waals surface area (Å²) in [5.74, 6) is -0.346. The van der Waals surface area contributed by atoms with Gasteiger partial charge >= 0.3 is 5.97 Å². The first kappa shape index (κ1) is 11.8. The van der Waals surface area contributed by atoms with E-state index in [4.69, 9.17) is 12.6 Å². The molecule has 0 bridgehead atoms. The first-order valence-corrected chi connectivity index (χ1v) is 4.64. The van der Waals surface area contributed by atoms with Crippen LogP contribution in [0.1, 0.15) is 15.9 Å². The van der Waals surface area contributed by atoms with Crippen molar-refractivity contribution in [1.29, 1.82) is 0 Å². The molecule has 1 rings (SSSR count). The molecular weight excluding hydrogens is 191 g/mol. The predicted molar refractivity (Wildman–Crippen MR) is 58.7 cm³/mol. The molecule has 0 amide bonds. The smallest absolute Gasteiger partial charge is 0.338 e. The molecule has 1 aromatic carbocycles. The number of hydrogen-bond acceptors (Lipinski definition) is 3. The van der Waals surface area contributed by atoms with Crippen molar-refractivity contribution in [3.8, 4) is 0 Å². The molecule has 1 aromatic rings. The third-order valence-corrected chi connectivity index (χ3v) is 2.11. The van der Waals surface area contributed by atoms with E-state index in [1.54, 1.807) is 25.3 Å². The molecular formula is C11H13BO3. The van der Waals surface area contributed by atoms with Gasteiger partial charge < -0.3 is 9.47 Å². The summed E-state index contributed by atoms with van der Waals surface area (Å²) < 4.78 is 9.64. The molecule has 15 heavy (non-hydrogen) atoms. The van der Waals surface area contributed by atoms with E-state index in [0.717, 1.165) is 5.56 Å². The van der Waals surface area contributed by atoms with E-state index < -0.39 is 0 Å². The van der Waals surface area contributed by atoms with Crippen LogP contribution in [-0.2, 0) is 15.9 Å². The minimum absolute atomic E-state index is 0.346. The maximum absolute atomic E-state index is 11.4. The molecule has 78 valence electrons. The summed E-state index contributed by atoms with van der Waals surface area (Å²) in [6, 6.07) is 5.12. The van der Waals surface area contributed by atoms with E-state index in [9.17, 15) is 4.79 Å². The quantitative estimate of drug-likeness (QED) is 0.527. The molecule has 4 heteroatoms. The first-order valence-electron chi connectivity index (χ1n) is 4.64. The second kappa shape index (κ2) is 5.56. The Morgan fingerprint density at radius 3 is 2.73 bits per heavy atom. The summed E-state index contributed by atoms with van der Waals surface area (Å²) in [5, 5.41) is 0. The second-order valence-corrected chi connectivity index (χ2v) is 3.15. The average molecular weight is 204 g/mol. The van der Waals surface area contributed by atoms with Gasteiger partial charge in [-0.3, -0.25) is 0 Å². The van der Waals surface area contributed by atoms with Gasteiger partial charge in [0.25, 0.3) is 0 Å². The predicted octanol–water partition coefficient (Wildman–Crippen LogP) is 0.456. The van der Waals surface area contributed by atoms with Crippen molar-refractivity contribution in [2.75, 3.05) is 20.8 Å². The Hall–Kier alpha value is -1.29. The zero-order valence-corrected chi connectivity index (χ0v) is 8.95. The third kappa shape index (κ3) is 3.10. The molecule has 0 aliphatic heterocycles. The lowest BCUT2D eigenvalue weighted by molar-refractivity contribution is 0.0599. The Morgan fingerprint density at radius 1 is 1.40 bits per heavy atom. The molecule has 2 radical (unpaired) electrons. The Morgan fingerprint density at radius 2 is 2.13 bits per heavy atom. The van der Waals surface area contributed by atoms with Gasteiger partial charge in [-0.25, -0.2) is 4.79 Å². The summed E-state index contributed by atoms with van der Waals surface area (Å²) in [5.41, 5.74) is 2.03. The normalized spacial score (nSPS) is 10.0. The van der Waals surface area contributed by atoms with Gasteiger partial charge in [0.1, 0.15) is 7.85 Å². The van der Waals surface area contributed by atoms with Crippen LogP contribution in [0.2, 0.25) is 0 Å². The molecule has 0 spiro atoms. The van der Waals surface area contributed by atoms with E-state index >= 15 is 0 Å². The third-order valence-electron chi connectivity index (χ3n) is 2.11. The molecule has 0 aliphatic rings. The molecule has 0 heterocycles.